The van der Waals surface area contributed by atoms with Crippen molar-refractivity contribution in [2.45, 2.75) is 12.8 Å². The molecule has 2 aromatic carbocycles. The number of benzene rings is 2. The minimum atomic E-state index is -0.388. The van der Waals surface area contributed by atoms with Crippen molar-refractivity contribution in [1.29, 1.82) is 0 Å². The zero-order valence-electron chi connectivity index (χ0n) is 15.6. The monoisotopic (exact) mass is 379 g/mol. The van der Waals surface area contributed by atoms with E-state index in [0.717, 1.165) is 24.4 Å². The zero-order valence-corrected chi connectivity index (χ0v) is 15.6. The highest BCUT2D eigenvalue weighted by Crippen LogP contribution is 2.14. The number of pyridine rings is 1. The summed E-state index contributed by atoms with van der Waals surface area (Å²) in [5.74, 6) is 0.576. The lowest BCUT2D eigenvalue weighted by Gasteiger charge is -2.09. The first-order valence-electron chi connectivity index (χ1n) is 9.00. The van der Waals surface area contributed by atoms with E-state index in [-0.39, 0.29) is 18.1 Å². The molecule has 0 spiro atoms. The molecule has 144 valence electrons. The molecule has 0 radical (unpaired) electrons. The summed E-state index contributed by atoms with van der Waals surface area (Å²) in [6.07, 6.45) is 2.47. The normalized spacial score (nSPS) is 10.4. The summed E-state index contributed by atoms with van der Waals surface area (Å²) in [5.41, 5.74) is 2.39. The second kappa shape index (κ2) is 9.50. The lowest BCUT2D eigenvalue weighted by molar-refractivity contribution is -0.115. The van der Waals surface area contributed by atoms with Crippen LogP contribution < -0.4 is 15.4 Å². The Kier molecular flexibility index (Phi) is 6.57. The molecule has 1 amide bonds. The Morgan fingerprint density at radius 3 is 2.71 bits per heavy atom. The van der Waals surface area contributed by atoms with Crippen molar-refractivity contribution in [3.8, 4) is 5.75 Å². The summed E-state index contributed by atoms with van der Waals surface area (Å²) in [6, 6.07) is 17.7. The van der Waals surface area contributed by atoms with Crippen LogP contribution in [-0.2, 0) is 17.6 Å². The first-order valence-corrected chi connectivity index (χ1v) is 9.00. The summed E-state index contributed by atoms with van der Waals surface area (Å²) < 4.78 is 18.8. The van der Waals surface area contributed by atoms with Crippen LogP contribution in [-0.4, -0.2) is 24.5 Å². The molecule has 28 heavy (non-hydrogen) atoms. The third-order valence-electron chi connectivity index (χ3n) is 4.22. The van der Waals surface area contributed by atoms with E-state index >= 15 is 0 Å². The largest absolute Gasteiger partial charge is 0.497 e. The highest BCUT2D eigenvalue weighted by Gasteiger charge is 2.08. The van der Waals surface area contributed by atoms with Crippen LogP contribution in [0.25, 0.3) is 0 Å². The Labute approximate surface area is 163 Å². The molecule has 3 rings (SSSR count). The molecule has 1 aromatic heterocycles. The van der Waals surface area contributed by atoms with Crippen LogP contribution in [0.4, 0.5) is 15.9 Å². The average Bonchev–Trinajstić information content (AvgIpc) is 2.71. The number of methoxy groups -OCH3 is 1. The van der Waals surface area contributed by atoms with Gasteiger partial charge in [-0.05, 0) is 47.9 Å². The third-order valence-corrected chi connectivity index (χ3v) is 4.22. The summed E-state index contributed by atoms with van der Waals surface area (Å²) >= 11 is 0. The van der Waals surface area contributed by atoms with Gasteiger partial charge in [0.05, 0.1) is 25.4 Å². The summed E-state index contributed by atoms with van der Waals surface area (Å²) in [5, 5.41) is 5.97. The maximum atomic E-state index is 13.6. The second-order valence-electron chi connectivity index (χ2n) is 6.28. The molecule has 0 atom stereocenters. The van der Waals surface area contributed by atoms with Crippen molar-refractivity contribution in [3.63, 3.8) is 0 Å². The number of amides is 1. The van der Waals surface area contributed by atoms with Gasteiger partial charge in [0.1, 0.15) is 17.4 Å². The van der Waals surface area contributed by atoms with Gasteiger partial charge < -0.3 is 15.4 Å². The lowest BCUT2D eigenvalue weighted by atomic mass is 10.1. The maximum Gasteiger partial charge on any atom is 0.230 e. The smallest absolute Gasteiger partial charge is 0.230 e. The molecule has 3 aromatic rings. The second-order valence-corrected chi connectivity index (χ2v) is 6.28. The predicted octanol–water partition coefficient (Wildman–Crippen LogP) is 4.07. The van der Waals surface area contributed by atoms with Crippen molar-refractivity contribution >= 4 is 17.4 Å². The molecule has 1 heterocycles. The zero-order chi connectivity index (χ0) is 19.8. The number of carbonyl (C=O) groups is 1. The fourth-order valence-corrected chi connectivity index (χ4v) is 2.75. The van der Waals surface area contributed by atoms with Crippen LogP contribution in [0, 0.1) is 5.82 Å². The van der Waals surface area contributed by atoms with E-state index in [4.69, 9.17) is 4.74 Å². The van der Waals surface area contributed by atoms with Gasteiger partial charge in [0.25, 0.3) is 0 Å². The Morgan fingerprint density at radius 1 is 1.11 bits per heavy atom. The van der Waals surface area contributed by atoms with E-state index in [0.29, 0.717) is 11.4 Å². The van der Waals surface area contributed by atoms with E-state index in [1.807, 2.05) is 24.3 Å². The quantitative estimate of drug-likeness (QED) is 0.619. The molecule has 0 aliphatic rings. The molecule has 0 saturated carbocycles. The maximum absolute atomic E-state index is 13.6. The molecule has 5 nitrogen and oxygen atoms in total. The summed E-state index contributed by atoms with van der Waals surface area (Å²) in [7, 11) is 1.65. The fourth-order valence-electron chi connectivity index (χ4n) is 2.75. The number of aromatic nitrogens is 1. The van der Waals surface area contributed by atoms with Gasteiger partial charge in [-0.25, -0.2) is 9.37 Å². The van der Waals surface area contributed by atoms with Crippen LogP contribution in [0.2, 0.25) is 0 Å². The van der Waals surface area contributed by atoms with Crippen molar-refractivity contribution in [3.05, 3.63) is 83.8 Å². The Hall–Kier alpha value is -3.41. The molecule has 0 saturated heterocycles. The first-order chi connectivity index (χ1) is 13.6. The molecule has 0 bridgehead atoms. The third kappa shape index (κ3) is 5.54. The fraction of sp³-hybridized carbons (Fsp3) is 0.182. The van der Waals surface area contributed by atoms with Gasteiger partial charge in [-0.2, -0.15) is 0 Å². The van der Waals surface area contributed by atoms with Gasteiger partial charge >= 0.3 is 0 Å². The molecule has 0 fully saturated rings. The standard InChI is InChI=1S/C22H22FN3O2/c1-28-19-7-4-5-16(13-19)11-12-24-18-9-10-21(25-15-18)26-22(27)14-17-6-2-3-8-20(17)23/h2-10,13,15,24H,11-12,14H2,1H3,(H,25,26,27). The number of hydrogen-bond acceptors (Lipinski definition) is 4. The number of rotatable bonds is 8. The van der Waals surface area contributed by atoms with E-state index < -0.39 is 0 Å². The first kappa shape index (κ1) is 19.4. The van der Waals surface area contributed by atoms with Crippen LogP contribution in [0.3, 0.4) is 0 Å². The SMILES string of the molecule is COc1cccc(CCNc2ccc(NC(=O)Cc3ccccc3F)nc2)c1. The van der Waals surface area contributed by atoms with Gasteiger partial charge in [-0.1, -0.05) is 30.3 Å². The van der Waals surface area contributed by atoms with Gasteiger partial charge in [0, 0.05) is 6.54 Å². The number of ether oxygens (including phenoxy) is 1. The number of nitrogens with one attached hydrogen (secondary N) is 2. The van der Waals surface area contributed by atoms with E-state index in [1.54, 1.807) is 37.6 Å². The van der Waals surface area contributed by atoms with Crippen LogP contribution in [0.5, 0.6) is 5.75 Å². The molecule has 2 N–H and O–H groups in total. The number of hydrogen-bond donors (Lipinski definition) is 2. The number of carbonyl (C=O) groups excluding carboxylic acids is 1. The minimum absolute atomic E-state index is 0.0328. The van der Waals surface area contributed by atoms with Crippen molar-refractivity contribution in [1.82, 2.24) is 4.98 Å². The minimum Gasteiger partial charge on any atom is -0.497 e. The molecule has 0 unspecified atom stereocenters. The van der Waals surface area contributed by atoms with Crippen LogP contribution >= 0.6 is 0 Å². The topological polar surface area (TPSA) is 63.2 Å². The Bertz CT molecular complexity index is 929. The van der Waals surface area contributed by atoms with Crippen LogP contribution in [0.1, 0.15) is 11.1 Å². The molecule has 6 heteroatoms. The number of nitrogens with zero attached hydrogens (tertiary/aromatic N) is 1. The van der Waals surface area contributed by atoms with E-state index in [1.165, 1.54) is 11.6 Å². The summed E-state index contributed by atoms with van der Waals surface area (Å²) in [4.78, 5) is 16.3. The highest BCUT2D eigenvalue weighted by atomic mass is 19.1. The van der Waals surface area contributed by atoms with Gasteiger partial charge in [-0.3, -0.25) is 4.79 Å². The van der Waals surface area contributed by atoms with Crippen molar-refractivity contribution < 1.29 is 13.9 Å². The van der Waals surface area contributed by atoms with Gasteiger partial charge in [0.15, 0.2) is 0 Å². The Morgan fingerprint density at radius 2 is 1.96 bits per heavy atom. The number of anilines is 2. The molecular formula is C22H22FN3O2. The molecule has 0 aliphatic carbocycles. The van der Waals surface area contributed by atoms with Gasteiger partial charge in [-0.15, -0.1) is 0 Å². The van der Waals surface area contributed by atoms with Crippen molar-refractivity contribution in [2.75, 3.05) is 24.3 Å². The Balaban J connectivity index is 1.48. The van der Waals surface area contributed by atoms with E-state index in [9.17, 15) is 9.18 Å². The summed E-state index contributed by atoms with van der Waals surface area (Å²) in [6.45, 7) is 0.744. The lowest BCUT2D eigenvalue weighted by Crippen LogP contribution is -2.16. The average molecular weight is 379 g/mol. The highest BCUT2D eigenvalue weighted by molar-refractivity contribution is 5.91. The van der Waals surface area contributed by atoms with Crippen LogP contribution in [0.15, 0.2) is 66.9 Å². The predicted molar refractivity (Wildman–Crippen MR) is 108 cm³/mol. The van der Waals surface area contributed by atoms with E-state index in [2.05, 4.69) is 21.7 Å². The van der Waals surface area contributed by atoms with Gasteiger partial charge in [0.2, 0.25) is 5.91 Å². The molecular weight excluding hydrogens is 357 g/mol. The van der Waals surface area contributed by atoms with Crippen molar-refractivity contribution in [2.24, 2.45) is 0 Å². The number of halogens is 1. The molecule has 0 aliphatic heterocycles.